The highest BCUT2D eigenvalue weighted by molar-refractivity contribution is 7.22. The summed E-state index contributed by atoms with van der Waals surface area (Å²) < 4.78 is 36.7. The summed E-state index contributed by atoms with van der Waals surface area (Å²) in [7, 11) is 3.15. The van der Waals surface area contributed by atoms with Crippen LogP contribution in [0.2, 0.25) is 0 Å². The molecule has 7 nitrogen and oxygen atoms in total. The molecule has 1 atom stereocenters. The van der Waals surface area contributed by atoms with Crippen molar-refractivity contribution < 1.29 is 28.1 Å². The molecule has 3 aromatic rings. The SMILES string of the molecule is COc1ccc(OC)c2sc(N(C[C@@H]3CCCO3)C(=O)COc3ccccc3F)nc12. The largest absolute Gasteiger partial charge is 0.495 e. The molecule has 9 heteroatoms. The van der Waals surface area contributed by atoms with Crippen LogP contribution < -0.4 is 19.1 Å². The first-order chi connectivity index (χ1) is 15.1. The Hall–Kier alpha value is -2.91. The number of para-hydroxylation sites is 1. The minimum Gasteiger partial charge on any atom is -0.495 e. The number of carbonyl (C=O) groups is 1. The van der Waals surface area contributed by atoms with E-state index in [1.807, 2.05) is 0 Å². The highest BCUT2D eigenvalue weighted by Gasteiger charge is 2.28. The van der Waals surface area contributed by atoms with Crippen LogP contribution in [0.3, 0.4) is 0 Å². The van der Waals surface area contributed by atoms with Crippen molar-refractivity contribution >= 4 is 32.6 Å². The number of aromatic nitrogens is 1. The number of amides is 1. The van der Waals surface area contributed by atoms with E-state index in [-0.39, 0.29) is 24.4 Å². The molecule has 0 N–H and O–H groups in total. The van der Waals surface area contributed by atoms with E-state index < -0.39 is 5.82 Å². The molecular formula is C22H23FN2O5S. The molecule has 1 amide bonds. The number of hydrogen-bond acceptors (Lipinski definition) is 7. The smallest absolute Gasteiger partial charge is 0.266 e. The fourth-order valence-corrected chi connectivity index (χ4v) is 4.55. The van der Waals surface area contributed by atoms with Crippen molar-refractivity contribution in [1.29, 1.82) is 0 Å². The highest BCUT2D eigenvalue weighted by atomic mass is 32.1. The fraction of sp³-hybridized carbons (Fsp3) is 0.364. The van der Waals surface area contributed by atoms with Gasteiger partial charge in [0.25, 0.3) is 5.91 Å². The topological polar surface area (TPSA) is 70.1 Å². The van der Waals surface area contributed by atoms with Gasteiger partial charge in [-0.1, -0.05) is 23.5 Å². The summed E-state index contributed by atoms with van der Waals surface area (Å²) in [6.07, 6.45) is 1.71. The maximum Gasteiger partial charge on any atom is 0.266 e. The lowest BCUT2D eigenvalue weighted by atomic mass is 10.2. The van der Waals surface area contributed by atoms with Gasteiger partial charge in [0.1, 0.15) is 21.7 Å². The van der Waals surface area contributed by atoms with Crippen molar-refractivity contribution in [2.24, 2.45) is 0 Å². The summed E-state index contributed by atoms with van der Waals surface area (Å²) in [6.45, 7) is 0.682. The lowest BCUT2D eigenvalue weighted by Crippen LogP contribution is -2.40. The van der Waals surface area contributed by atoms with Gasteiger partial charge in [-0.3, -0.25) is 9.69 Å². The molecule has 1 aliphatic rings. The first kappa shape index (κ1) is 21.3. The number of methoxy groups -OCH3 is 2. The predicted molar refractivity (Wildman–Crippen MR) is 116 cm³/mol. The van der Waals surface area contributed by atoms with E-state index in [9.17, 15) is 9.18 Å². The van der Waals surface area contributed by atoms with Crippen molar-refractivity contribution in [3.63, 3.8) is 0 Å². The van der Waals surface area contributed by atoms with E-state index in [4.69, 9.17) is 18.9 Å². The van der Waals surface area contributed by atoms with Crippen LogP contribution in [0.1, 0.15) is 12.8 Å². The number of nitrogens with zero attached hydrogens (tertiary/aromatic N) is 2. The molecule has 0 spiro atoms. The van der Waals surface area contributed by atoms with E-state index in [1.54, 1.807) is 43.4 Å². The predicted octanol–water partition coefficient (Wildman–Crippen LogP) is 4.04. The summed E-state index contributed by atoms with van der Waals surface area (Å²) in [5.74, 6) is 0.406. The second-order valence-electron chi connectivity index (χ2n) is 7.00. The Morgan fingerprint density at radius 3 is 2.68 bits per heavy atom. The van der Waals surface area contributed by atoms with Crippen molar-refractivity contribution in [1.82, 2.24) is 4.98 Å². The van der Waals surface area contributed by atoms with Crippen molar-refractivity contribution in [3.8, 4) is 17.2 Å². The second kappa shape index (κ2) is 9.49. The van der Waals surface area contributed by atoms with Crippen LogP contribution in [0.4, 0.5) is 9.52 Å². The molecule has 1 fully saturated rings. The van der Waals surface area contributed by atoms with E-state index >= 15 is 0 Å². The number of benzene rings is 2. The Kier molecular flexibility index (Phi) is 6.53. The Morgan fingerprint density at radius 1 is 1.19 bits per heavy atom. The van der Waals surface area contributed by atoms with Gasteiger partial charge in [-0.25, -0.2) is 9.37 Å². The number of hydrogen-bond donors (Lipinski definition) is 0. The summed E-state index contributed by atoms with van der Waals surface area (Å²) in [5.41, 5.74) is 0.613. The highest BCUT2D eigenvalue weighted by Crippen LogP contribution is 2.40. The molecule has 1 aliphatic heterocycles. The molecular weight excluding hydrogens is 423 g/mol. The number of anilines is 1. The van der Waals surface area contributed by atoms with Crippen LogP contribution in [-0.2, 0) is 9.53 Å². The Labute approximate surface area is 183 Å². The molecule has 2 heterocycles. The Bertz CT molecular complexity index is 1030. The third kappa shape index (κ3) is 4.57. The van der Waals surface area contributed by atoms with Crippen LogP contribution in [-0.4, -0.2) is 51.0 Å². The molecule has 0 saturated carbocycles. The monoisotopic (exact) mass is 446 g/mol. The number of rotatable bonds is 8. The zero-order valence-electron chi connectivity index (χ0n) is 17.3. The molecule has 1 saturated heterocycles. The average Bonchev–Trinajstić information content (AvgIpc) is 3.46. The summed E-state index contributed by atoms with van der Waals surface area (Å²) >= 11 is 1.33. The van der Waals surface area contributed by atoms with Gasteiger partial charge in [-0.2, -0.15) is 0 Å². The summed E-state index contributed by atoms with van der Waals surface area (Å²) in [6, 6.07) is 9.57. The average molecular weight is 447 g/mol. The minimum absolute atomic E-state index is 0.0283. The Balaban J connectivity index is 1.64. The van der Waals surface area contributed by atoms with Gasteiger partial charge in [0.15, 0.2) is 23.3 Å². The molecule has 0 bridgehead atoms. The Morgan fingerprint density at radius 2 is 1.97 bits per heavy atom. The molecule has 0 aliphatic carbocycles. The minimum atomic E-state index is -0.518. The standard InChI is InChI=1S/C22H23FN2O5S/c1-27-17-9-10-18(28-2)21-20(17)24-22(31-21)25(12-14-6-5-11-29-14)19(26)13-30-16-8-4-3-7-15(16)23/h3-4,7-10,14H,5-6,11-13H2,1-2H3/t14-/m0/s1. The van der Waals surface area contributed by atoms with Crippen LogP contribution >= 0.6 is 11.3 Å². The third-order valence-corrected chi connectivity index (χ3v) is 6.12. The number of fused-ring (bicyclic) bond motifs is 1. The van der Waals surface area contributed by atoms with Crippen molar-refractivity contribution in [3.05, 3.63) is 42.2 Å². The number of thiazole rings is 1. The molecule has 164 valence electrons. The van der Waals surface area contributed by atoms with Gasteiger partial charge in [0.2, 0.25) is 0 Å². The molecule has 31 heavy (non-hydrogen) atoms. The molecule has 4 rings (SSSR count). The summed E-state index contributed by atoms with van der Waals surface area (Å²) in [5, 5.41) is 0.482. The van der Waals surface area contributed by atoms with Crippen LogP contribution in [0.15, 0.2) is 36.4 Å². The van der Waals surface area contributed by atoms with Gasteiger partial charge in [0.05, 0.1) is 26.9 Å². The molecule has 2 aromatic carbocycles. The van der Waals surface area contributed by atoms with E-state index in [2.05, 4.69) is 4.98 Å². The van der Waals surface area contributed by atoms with Crippen LogP contribution in [0, 0.1) is 5.82 Å². The zero-order chi connectivity index (χ0) is 21.8. The third-order valence-electron chi connectivity index (χ3n) is 5.03. The second-order valence-corrected chi connectivity index (χ2v) is 7.98. The zero-order valence-corrected chi connectivity index (χ0v) is 18.1. The fourth-order valence-electron chi connectivity index (χ4n) is 3.45. The lowest BCUT2D eigenvalue weighted by Gasteiger charge is -2.23. The van der Waals surface area contributed by atoms with Gasteiger partial charge in [-0.05, 0) is 37.1 Å². The normalized spacial score (nSPS) is 15.8. The van der Waals surface area contributed by atoms with Crippen molar-refractivity contribution in [2.45, 2.75) is 18.9 Å². The van der Waals surface area contributed by atoms with Gasteiger partial charge < -0.3 is 18.9 Å². The van der Waals surface area contributed by atoms with Crippen molar-refractivity contribution in [2.75, 3.05) is 38.9 Å². The van der Waals surface area contributed by atoms with Gasteiger partial charge in [0, 0.05) is 6.61 Å². The first-order valence-corrected chi connectivity index (χ1v) is 10.7. The first-order valence-electron chi connectivity index (χ1n) is 9.91. The maximum absolute atomic E-state index is 13.9. The lowest BCUT2D eigenvalue weighted by molar-refractivity contribution is -0.121. The van der Waals surface area contributed by atoms with Gasteiger partial charge in [-0.15, -0.1) is 0 Å². The van der Waals surface area contributed by atoms with Crippen LogP contribution in [0.5, 0.6) is 17.2 Å². The number of ether oxygens (including phenoxy) is 4. The van der Waals surface area contributed by atoms with Crippen LogP contribution in [0.25, 0.3) is 10.2 Å². The maximum atomic E-state index is 13.9. The van der Waals surface area contributed by atoms with Gasteiger partial charge >= 0.3 is 0 Å². The number of carbonyl (C=O) groups excluding carboxylic acids is 1. The summed E-state index contributed by atoms with van der Waals surface area (Å²) in [4.78, 5) is 19.3. The van der Waals surface area contributed by atoms with E-state index in [0.29, 0.717) is 35.3 Å². The molecule has 0 radical (unpaired) electrons. The van der Waals surface area contributed by atoms with E-state index in [0.717, 1.165) is 17.5 Å². The van der Waals surface area contributed by atoms with E-state index in [1.165, 1.54) is 23.5 Å². The molecule has 0 unspecified atom stereocenters. The molecule has 1 aromatic heterocycles. The number of halogens is 1. The quantitative estimate of drug-likeness (QED) is 0.520.